The van der Waals surface area contributed by atoms with Crippen LogP contribution in [0, 0.1) is 11.6 Å². The Morgan fingerprint density at radius 2 is 2.09 bits per heavy atom. The van der Waals surface area contributed by atoms with Crippen molar-refractivity contribution in [2.24, 2.45) is 0 Å². The van der Waals surface area contributed by atoms with E-state index in [-0.39, 0.29) is 13.0 Å². The van der Waals surface area contributed by atoms with Crippen molar-refractivity contribution in [3.63, 3.8) is 0 Å². The van der Waals surface area contributed by atoms with Gasteiger partial charge in [0.25, 0.3) is 0 Å². The van der Waals surface area contributed by atoms with Crippen LogP contribution in [0.3, 0.4) is 0 Å². The number of nitrogens with zero attached hydrogens (tertiary/aromatic N) is 1. The summed E-state index contributed by atoms with van der Waals surface area (Å²) < 4.78 is 31.1. The van der Waals surface area contributed by atoms with E-state index in [4.69, 9.17) is 4.74 Å². The smallest absolute Gasteiger partial charge is 0.332 e. The molecule has 1 fully saturated rings. The van der Waals surface area contributed by atoms with E-state index < -0.39 is 29.0 Å². The van der Waals surface area contributed by atoms with Crippen LogP contribution in [0.1, 0.15) is 18.4 Å². The molecule has 1 aromatic rings. The minimum Gasteiger partial charge on any atom is -0.479 e. The van der Waals surface area contributed by atoms with Gasteiger partial charge >= 0.3 is 5.97 Å². The van der Waals surface area contributed by atoms with Crippen molar-refractivity contribution in [2.45, 2.75) is 24.8 Å². The number of carboxylic acid groups (broad SMARTS) is 1. The highest BCUT2D eigenvalue weighted by Crippen LogP contribution is 2.31. The van der Waals surface area contributed by atoms with Crippen molar-refractivity contribution in [2.75, 3.05) is 20.3 Å². The molecule has 1 aromatic carbocycles. The molecule has 0 saturated carbocycles. The molecule has 0 aromatic heterocycles. The number of likely N-dealkylation sites (tertiary alicyclic amines) is 1. The standard InChI is InChI=1S/C15H17F2NO4/c1-22-9-15(14(20)21)5-2-6-18(15)13(19)8-10-3-4-11(16)12(17)7-10/h3-4,7H,2,5-6,8-9H2,1H3,(H,20,21). The largest absolute Gasteiger partial charge is 0.479 e. The molecule has 1 aliphatic heterocycles. The third-order valence-electron chi connectivity index (χ3n) is 3.91. The van der Waals surface area contributed by atoms with Gasteiger partial charge in [-0.25, -0.2) is 13.6 Å². The van der Waals surface area contributed by atoms with Gasteiger partial charge in [0, 0.05) is 13.7 Å². The molecule has 1 amide bonds. The average molecular weight is 313 g/mol. The van der Waals surface area contributed by atoms with Crippen LogP contribution in [0.25, 0.3) is 0 Å². The van der Waals surface area contributed by atoms with Crippen molar-refractivity contribution in [1.82, 2.24) is 4.90 Å². The van der Waals surface area contributed by atoms with Gasteiger partial charge in [0.2, 0.25) is 5.91 Å². The zero-order valence-electron chi connectivity index (χ0n) is 12.1. The van der Waals surface area contributed by atoms with Crippen LogP contribution in [0.4, 0.5) is 8.78 Å². The number of carbonyl (C=O) groups is 2. The molecule has 22 heavy (non-hydrogen) atoms. The van der Waals surface area contributed by atoms with Gasteiger partial charge in [-0.3, -0.25) is 4.79 Å². The number of carboxylic acids is 1. The number of amides is 1. The van der Waals surface area contributed by atoms with Crippen LogP contribution in [0.2, 0.25) is 0 Å². The molecule has 1 saturated heterocycles. The molecule has 2 rings (SSSR count). The van der Waals surface area contributed by atoms with Crippen molar-refractivity contribution >= 4 is 11.9 Å². The number of hydrogen-bond donors (Lipinski definition) is 1. The summed E-state index contributed by atoms with van der Waals surface area (Å²) in [6, 6.07) is 3.20. The van der Waals surface area contributed by atoms with Crippen molar-refractivity contribution in [3.05, 3.63) is 35.4 Å². The Labute approximate surface area is 126 Å². The highest BCUT2D eigenvalue weighted by Gasteiger charge is 2.49. The molecule has 0 aliphatic carbocycles. The first-order valence-corrected chi connectivity index (χ1v) is 6.87. The number of carbonyl (C=O) groups excluding carboxylic acids is 1. The fourth-order valence-electron chi connectivity index (χ4n) is 2.83. The molecule has 0 radical (unpaired) electrons. The van der Waals surface area contributed by atoms with Crippen LogP contribution in [-0.4, -0.2) is 47.7 Å². The molecule has 1 heterocycles. The number of halogens is 2. The lowest BCUT2D eigenvalue weighted by atomic mass is 9.96. The average Bonchev–Trinajstić information content (AvgIpc) is 2.88. The predicted octanol–water partition coefficient (Wildman–Crippen LogP) is 1.60. The molecule has 1 atom stereocenters. The second-order valence-electron chi connectivity index (χ2n) is 5.34. The first-order chi connectivity index (χ1) is 10.4. The second-order valence-corrected chi connectivity index (χ2v) is 5.34. The number of hydrogen-bond acceptors (Lipinski definition) is 3. The van der Waals surface area contributed by atoms with Gasteiger partial charge in [-0.2, -0.15) is 0 Å². The summed E-state index contributed by atoms with van der Waals surface area (Å²) >= 11 is 0. The van der Waals surface area contributed by atoms with E-state index in [9.17, 15) is 23.5 Å². The second kappa shape index (κ2) is 6.39. The Hall–Kier alpha value is -2.02. The Morgan fingerprint density at radius 1 is 1.36 bits per heavy atom. The maximum Gasteiger partial charge on any atom is 0.332 e. The molecule has 120 valence electrons. The molecule has 1 N–H and O–H groups in total. The summed E-state index contributed by atoms with van der Waals surface area (Å²) in [5, 5.41) is 9.48. The van der Waals surface area contributed by atoms with Gasteiger partial charge in [-0.1, -0.05) is 6.07 Å². The van der Waals surface area contributed by atoms with E-state index in [0.717, 1.165) is 12.1 Å². The fourth-order valence-corrected chi connectivity index (χ4v) is 2.83. The Kier molecular flexibility index (Phi) is 4.75. The molecule has 7 heteroatoms. The lowest BCUT2D eigenvalue weighted by Gasteiger charge is -2.34. The summed E-state index contributed by atoms with van der Waals surface area (Å²) in [7, 11) is 1.38. The molecular weight excluding hydrogens is 296 g/mol. The van der Waals surface area contributed by atoms with Crippen LogP contribution < -0.4 is 0 Å². The zero-order valence-corrected chi connectivity index (χ0v) is 12.1. The van der Waals surface area contributed by atoms with E-state index in [1.165, 1.54) is 18.1 Å². The SMILES string of the molecule is COCC1(C(=O)O)CCCN1C(=O)Cc1ccc(F)c(F)c1. The molecule has 1 unspecified atom stereocenters. The normalized spacial score (nSPS) is 21.1. The Morgan fingerprint density at radius 3 is 2.68 bits per heavy atom. The first kappa shape index (κ1) is 16.4. The predicted molar refractivity (Wildman–Crippen MR) is 73.3 cm³/mol. The van der Waals surface area contributed by atoms with E-state index >= 15 is 0 Å². The van der Waals surface area contributed by atoms with Crippen molar-refractivity contribution < 1.29 is 28.2 Å². The molecule has 5 nitrogen and oxygen atoms in total. The van der Waals surface area contributed by atoms with Gasteiger partial charge in [0.15, 0.2) is 17.2 Å². The number of aliphatic carboxylic acids is 1. The van der Waals surface area contributed by atoms with Crippen LogP contribution in [-0.2, 0) is 20.7 Å². The van der Waals surface area contributed by atoms with Gasteiger partial charge in [0.05, 0.1) is 13.0 Å². The fraction of sp³-hybridized carbons (Fsp3) is 0.467. The van der Waals surface area contributed by atoms with Crippen LogP contribution in [0.5, 0.6) is 0 Å². The van der Waals surface area contributed by atoms with Gasteiger partial charge < -0.3 is 14.7 Å². The lowest BCUT2D eigenvalue weighted by molar-refractivity contribution is -0.160. The Bertz CT molecular complexity index is 593. The summed E-state index contributed by atoms with van der Waals surface area (Å²) in [5.74, 6) is -3.59. The topological polar surface area (TPSA) is 66.8 Å². The van der Waals surface area contributed by atoms with Gasteiger partial charge in [-0.05, 0) is 30.5 Å². The maximum atomic E-state index is 13.2. The van der Waals surface area contributed by atoms with E-state index in [1.807, 2.05) is 0 Å². The first-order valence-electron chi connectivity index (χ1n) is 6.87. The van der Waals surface area contributed by atoms with E-state index in [0.29, 0.717) is 24.9 Å². The maximum absolute atomic E-state index is 13.2. The minimum atomic E-state index is -1.38. The lowest BCUT2D eigenvalue weighted by Crippen LogP contribution is -2.56. The Balaban J connectivity index is 2.20. The van der Waals surface area contributed by atoms with Crippen LogP contribution >= 0.6 is 0 Å². The number of methoxy groups -OCH3 is 1. The van der Waals surface area contributed by atoms with Gasteiger partial charge in [-0.15, -0.1) is 0 Å². The third-order valence-corrected chi connectivity index (χ3v) is 3.91. The van der Waals surface area contributed by atoms with E-state index in [2.05, 4.69) is 0 Å². The molecule has 1 aliphatic rings. The molecular formula is C15H17F2NO4. The number of rotatable bonds is 5. The van der Waals surface area contributed by atoms with Crippen molar-refractivity contribution in [1.29, 1.82) is 0 Å². The summed E-state index contributed by atoms with van der Waals surface area (Å²) in [4.78, 5) is 25.3. The number of ether oxygens (including phenoxy) is 1. The molecule has 0 bridgehead atoms. The van der Waals surface area contributed by atoms with Gasteiger partial charge in [0.1, 0.15) is 0 Å². The summed E-state index contributed by atoms with van der Waals surface area (Å²) in [5.41, 5.74) is -1.09. The summed E-state index contributed by atoms with van der Waals surface area (Å²) in [6.07, 6.45) is 0.675. The monoisotopic (exact) mass is 313 g/mol. The summed E-state index contributed by atoms with van der Waals surface area (Å²) in [6.45, 7) is 0.198. The highest BCUT2D eigenvalue weighted by molar-refractivity contribution is 5.89. The quantitative estimate of drug-likeness (QED) is 0.896. The minimum absolute atomic E-state index is 0.105. The van der Waals surface area contributed by atoms with E-state index in [1.54, 1.807) is 0 Å². The molecule has 0 spiro atoms. The highest BCUT2D eigenvalue weighted by atomic mass is 19.2. The van der Waals surface area contributed by atoms with Crippen molar-refractivity contribution in [3.8, 4) is 0 Å². The zero-order chi connectivity index (χ0) is 16.3. The van der Waals surface area contributed by atoms with Crippen LogP contribution in [0.15, 0.2) is 18.2 Å². The third kappa shape index (κ3) is 2.94. The number of benzene rings is 1.